The standard InChI is InChI=1S/C8H15NO4S/c10-8(11)9-7-1-5-3-14(12,13)4-6(5)2-7/h5-7,9,12-13H,1-4H2,(H,10,11)/t5-,6+,7?. The van der Waals surface area contributed by atoms with Crippen molar-refractivity contribution in [1.82, 2.24) is 5.32 Å². The molecule has 0 aromatic heterocycles. The molecule has 0 radical (unpaired) electrons. The minimum absolute atomic E-state index is 0.0120. The Hall–Kier alpha value is -0.460. The van der Waals surface area contributed by atoms with Crippen LogP contribution in [-0.2, 0) is 0 Å². The van der Waals surface area contributed by atoms with E-state index in [4.69, 9.17) is 5.11 Å². The van der Waals surface area contributed by atoms with E-state index in [9.17, 15) is 13.9 Å². The minimum atomic E-state index is -2.33. The van der Waals surface area contributed by atoms with E-state index in [0.717, 1.165) is 12.8 Å². The molecule has 0 aromatic rings. The van der Waals surface area contributed by atoms with Gasteiger partial charge in [0, 0.05) is 17.5 Å². The molecule has 2 fully saturated rings. The Morgan fingerprint density at radius 2 is 1.71 bits per heavy atom. The van der Waals surface area contributed by atoms with Crippen molar-refractivity contribution < 1.29 is 19.0 Å². The summed E-state index contributed by atoms with van der Waals surface area (Å²) in [6.45, 7) is 0. The normalized spacial score (nSPS) is 41.7. The van der Waals surface area contributed by atoms with E-state index >= 15 is 0 Å². The van der Waals surface area contributed by atoms with Crippen molar-refractivity contribution in [3.63, 3.8) is 0 Å². The number of amides is 1. The summed E-state index contributed by atoms with van der Waals surface area (Å²) in [6.07, 6.45) is 0.529. The van der Waals surface area contributed by atoms with Gasteiger partial charge in [-0.25, -0.2) is 4.79 Å². The van der Waals surface area contributed by atoms with Crippen LogP contribution in [0.2, 0.25) is 0 Å². The molecule has 6 heteroatoms. The van der Waals surface area contributed by atoms with Crippen LogP contribution in [0.25, 0.3) is 0 Å². The average molecular weight is 221 g/mol. The second-order valence-corrected chi connectivity index (χ2v) is 6.54. The molecule has 3 atom stereocenters. The molecular formula is C8H15NO4S. The molecule has 1 heterocycles. The second kappa shape index (κ2) is 3.29. The summed E-state index contributed by atoms with van der Waals surface area (Å²) in [5, 5.41) is 11.0. The number of rotatable bonds is 1. The lowest BCUT2D eigenvalue weighted by atomic mass is 10.0. The Balaban J connectivity index is 1.90. The van der Waals surface area contributed by atoms with Crippen molar-refractivity contribution in [3.8, 4) is 0 Å². The monoisotopic (exact) mass is 221 g/mol. The zero-order chi connectivity index (χ0) is 10.3. The number of nitrogens with one attached hydrogen (secondary N) is 1. The van der Waals surface area contributed by atoms with Gasteiger partial charge in [0.15, 0.2) is 0 Å². The van der Waals surface area contributed by atoms with Crippen LogP contribution >= 0.6 is 10.6 Å². The molecule has 0 bridgehead atoms. The maximum Gasteiger partial charge on any atom is 0.404 e. The van der Waals surface area contributed by atoms with E-state index in [1.54, 1.807) is 0 Å². The molecule has 5 nitrogen and oxygen atoms in total. The van der Waals surface area contributed by atoms with Gasteiger partial charge in [-0.2, -0.15) is 10.6 Å². The molecule has 82 valence electrons. The molecule has 1 amide bonds. The number of carbonyl (C=O) groups is 1. The van der Waals surface area contributed by atoms with Gasteiger partial charge in [-0.1, -0.05) is 0 Å². The van der Waals surface area contributed by atoms with Crippen LogP contribution in [-0.4, -0.2) is 37.9 Å². The molecule has 0 spiro atoms. The SMILES string of the molecule is O=C(O)NC1C[C@@H]2CS(O)(O)C[C@@H]2C1. The Bertz CT molecular complexity index is 242. The molecule has 1 saturated carbocycles. The molecule has 0 aromatic carbocycles. The van der Waals surface area contributed by atoms with Gasteiger partial charge in [-0.15, -0.1) is 0 Å². The van der Waals surface area contributed by atoms with Crippen LogP contribution in [0, 0.1) is 11.8 Å². The Morgan fingerprint density at radius 3 is 2.14 bits per heavy atom. The topological polar surface area (TPSA) is 89.8 Å². The van der Waals surface area contributed by atoms with Crippen molar-refractivity contribution in [2.75, 3.05) is 11.5 Å². The highest BCUT2D eigenvalue weighted by Crippen LogP contribution is 2.56. The summed E-state index contributed by atoms with van der Waals surface area (Å²) in [6, 6.07) is 0.0120. The zero-order valence-corrected chi connectivity index (χ0v) is 8.54. The smallest absolute Gasteiger partial charge is 0.404 e. The van der Waals surface area contributed by atoms with Gasteiger partial charge in [-0.05, 0) is 24.7 Å². The number of fused-ring (bicyclic) bond motifs is 1. The first-order valence-corrected chi connectivity index (χ1v) is 6.58. The van der Waals surface area contributed by atoms with E-state index in [-0.39, 0.29) is 6.04 Å². The van der Waals surface area contributed by atoms with Gasteiger partial charge in [-0.3, -0.25) is 9.11 Å². The van der Waals surface area contributed by atoms with Gasteiger partial charge in [0.25, 0.3) is 0 Å². The predicted molar refractivity (Wildman–Crippen MR) is 53.7 cm³/mol. The number of carboxylic acid groups (broad SMARTS) is 1. The highest BCUT2D eigenvalue weighted by atomic mass is 32.3. The lowest BCUT2D eigenvalue weighted by molar-refractivity contribution is 0.189. The van der Waals surface area contributed by atoms with Gasteiger partial charge in [0.2, 0.25) is 0 Å². The van der Waals surface area contributed by atoms with Crippen molar-refractivity contribution in [3.05, 3.63) is 0 Å². The third kappa shape index (κ3) is 1.97. The Kier molecular flexibility index (Phi) is 2.36. The highest BCUT2D eigenvalue weighted by Gasteiger charge is 2.44. The van der Waals surface area contributed by atoms with E-state index in [2.05, 4.69) is 5.32 Å². The maximum atomic E-state index is 10.4. The molecule has 1 saturated heterocycles. The number of hydrogen-bond acceptors (Lipinski definition) is 3. The van der Waals surface area contributed by atoms with E-state index in [0.29, 0.717) is 23.3 Å². The first-order valence-electron chi connectivity index (χ1n) is 4.69. The summed E-state index contributed by atoms with van der Waals surface area (Å²) in [7, 11) is -2.33. The van der Waals surface area contributed by atoms with Gasteiger partial charge in [0.1, 0.15) is 0 Å². The molecule has 1 aliphatic carbocycles. The van der Waals surface area contributed by atoms with Gasteiger partial charge < -0.3 is 10.4 Å². The van der Waals surface area contributed by atoms with Crippen LogP contribution in [0.15, 0.2) is 0 Å². The average Bonchev–Trinajstić information content (AvgIpc) is 2.38. The van der Waals surface area contributed by atoms with E-state index < -0.39 is 16.7 Å². The molecule has 1 unspecified atom stereocenters. The molecule has 14 heavy (non-hydrogen) atoms. The van der Waals surface area contributed by atoms with Crippen LogP contribution in [0.5, 0.6) is 0 Å². The molecular weight excluding hydrogens is 206 g/mol. The molecule has 1 aliphatic heterocycles. The van der Waals surface area contributed by atoms with E-state index in [1.165, 1.54) is 0 Å². The van der Waals surface area contributed by atoms with Crippen LogP contribution < -0.4 is 5.32 Å². The summed E-state index contributed by atoms with van der Waals surface area (Å²) >= 11 is 0. The first kappa shape index (κ1) is 10.1. The highest BCUT2D eigenvalue weighted by molar-refractivity contribution is 8.24. The Labute approximate surface area is 83.9 Å². The first-order chi connectivity index (χ1) is 6.46. The van der Waals surface area contributed by atoms with Crippen molar-refractivity contribution >= 4 is 16.7 Å². The quantitative estimate of drug-likeness (QED) is 0.539. The number of hydrogen-bond donors (Lipinski definition) is 4. The maximum absolute atomic E-state index is 10.4. The molecule has 4 N–H and O–H groups in total. The summed E-state index contributed by atoms with van der Waals surface area (Å²) in [5.41, 5.74) is 0. The predicted octanol–water partition coefficient (Wildman–Crippen LogP) is 1.41. The van der Waals surface area contributed by atoms with Gasteiger partial charge in [0.05, 0.1) is 0 Å². The third-order valence-corrected chi connectivity index (χ3v) is 5.05. The zero-order valence-electron chi connectivity index (χ0n) is 7.72. The van der Waals surface area contributed by atoms with E-state index in [1.807, 2.05) is 0 Å². The van der Waals surface area contributed by atoms with Crippen LogP contribution in [0.3, 0.4) is 0 Å². The largest absolute Gasteiger partial charge is 0.465 e. The summed E-state index contributed by atoms with van der Waals surface area (Å²) < 4.78 is 18.9. The molecule has 2 aliphatic rings. The summed E-state index contributed by atoms with van der Waals surface area (Å²) in [5.74, 6) is 1.54. The van der Waals surface area contributed by atoms with Crippen molar-refractivity contribution in [2.45, 2.75) is 18.9 Å². The van der Waals surface area contributed by atoms with Crippen molar-refractivity contribution in [1.29, 1.82) is 0 Å². The minimum Gasteiger partial charge on any atom is -0.465 e. The Morgan fingerprint density at radius 1 is 1.21 bits per heavy atom. The second-order valence-electron chi connectivity index (χ2n) is 4.27. The fourth-order valence-electron chi connectivity index (χ4n) is 2.67. The molecule has 2 rings (SSSR count). The van der Waals surface area contributed by atoms with Crippen molar-refractivity contribution in [2.24, 2.45) is 11.8 Å². The summed E-state index contributed by atoms with van der Waals surface area (Å²) in [4.78, 5) is 10.4. The lowest BCUT2D eigenvalue weighted by Crippen LogP contribution is -2.32. The van der Waals surface area contributed by atoms with Crippen LogP contribution in [0.1, 0.15) is 12.8 Å². The lowest BCUT2D eigenvalue weighted by Gasteiger charge is -2.27. The fourth-order valence-corrected chi connectivity index (χ4v) is 4.99. The van der Waals surface area contributed by atoms with Crippen LogP contribution in [0.4, 0.5) is 4.79 Å². The van der Waals surface area contributed by atoms with Gasteiger partial charge >= 0.3 is 6.09 Å². The fraction of sp³-hybridized carbons (Fsp3) is 0.875. The third-order valence-electron chi connectivity index (χ3n) is 3.13.